The van der Waals surface area contributed by atoms with Crippen molar-refractivity contribution < 1.29 is 4.79 Å². The molecule has 0 aromatic carbocycles. The molecule has 2 N–H and O–H groups in total. The van der Waals surface area contributed by atoms with E-state index in [1.807, 2.05) is 18.7 Å². The molecular formula is C22H43N5O. The predicted octanol–water partition coefficient (Wildman–Crippen LogP) is 2.56. The number of carbonyl (C=O) groups is 1. The zero-order valence-corrected chi connectivity index (χ0v) is 18.8. The third kappa shape index (κ3) is 7.61. The summed E-state index contributed by atoms with van der Waals surface area (Å²) in [5.74, 6) is 2.71. The molecule has 0 aromatic rings. The Hall–Kier alpha value is -1.30. The summed E-state index contributed by atoms with van der Waals surface area (Å²) in [5, 5.41) is 7.03. The first-order valence-electron chi connectivity index (χ1n) is 11.4. The summed E-state index contributed by atoms with van der Waals surface area (Å²) in [4.78, 5) is 21.7. The minimum absolute atomic E-state index is 0.0918. The van der Waals surface area contributed by atoms with E-state index in [1.54, 1.807) is 0 Å². The van der Waals surface area contributed by atoms with Crippen molar-refractivity contribution in [3.63, 3.8) is 0 Å². The Morgan fingerprint density at radius 3 is 2.43 bits per heavy atom. The molecule has 0 saturated carbocycles. The number of carbonyl (C=O) groups excluding carboxylic acids is 1. The smallest absolute Gasteiger partial charge is 0.225 e. The normalized spacial score (nSPS) is 22.8. The first-order valence-corrected chi connectivity index (χ1v) is 11.4. The summed E-state index contributed by atoms with van der Waals surface area (Å²) in [6, 6.07) is 0.401. The van der Waals surface area contributed by atoms with Gasteiger partial charge >= 0.3 is 0 Å². The van der Waals surface area contributed by atoms with Crippen molar-refractivity contribution in [3.05, 3.63) is 0 Å². The predicted molar refractivity (Wildman–Crippen MR) is 118 cm³/mol. The van der Waals surface area contributed by atoms with Crippen LogP contribution < -0.4 is 10.6 Å². The van der Waals surface area contributed by atoms with Crippen molar-refractivity contribution in [2.24, 2.45) is 22.7 Å². The molecule has 1 atom stereocenters. The molecule has 0 bridgehead atoms. The first-order chi connectivity index (χ1) is 13.4. The van der Waals surface area contributed by atoms with E-state index in [-0.39, 0.29) is 11.8 Å². The average Bonchev–Trinajstić information content (AvgIpc) is 2.66. The molecule has 0 aromatic heterocycles. The van der Waals surface area contributed by atoms with Crippen molar-refractivity contribution in [2.45, 2.75) is 66.3 Å². The maximum atomic E-state index is 12.2. The van der Waals surface area contributed by atoms with Crippen LogP contribution in [0.2, 0.25) is 0 Å². The Balaban J connectivity index is 1.81. The largest absolute Gasteiger partial charge is 0.357 e. The van der Waals surface area contributed by atoms with E-state index < -0.39 is 0 Å². The third-order valence-corrected chi connectivity index (χ3v) is 5.72. The average molecular weight is 394 g/mol. The number of aliphatic imine (C=N–C) groups is 1. The fourth-order valence-electron chi connectivity index (χ4n) is 4.33. The van der Waals surface area contributed by atoms with Crippen molar-refractivity contribution in [2.75, 3.05) is 45.8 Å². The van der Waals surface area contributed by atoms with Crippen molar-refractivity contribution in [1.82, 2.24) is 20.4 Å². The highest BCUT2D eigenvalue weighted by Gasteiger charge is 2.25. The summed E-state index contributed by atoms with van der Waals surface area (Å²) >= 11 is 0. The molecule has 1 unspecified atom stereocenters. The zero-order chi connectivity index (χ0) is 20.5. The van der Waals surface area contributed by atoms with Gasteiger partial charge in [0.05, 0.1) is 0 Å². The van der Waals surface area contributed by atoms with Gasteiger partial charge in [-0.15, -0.1) is 0 Å². The van der Waals surface area contributed by atoms with Gasteiger partial charge in [0.25, 0.3) is 0 Å². The first kappa shape index (κ1) is 23.0. The van der Waals surface area contributed by atoms with Crippen LogP contribution in [0.4, 0.5) is 0 Å². The lowest BCUT2D eigenvalue weighted by atomic mass is 9.97. The molecule has 0 aliphatic carbocycles. The van der Waals surface area contributed by atoms with Crippen LogP contribution >= 0.6 is 0 Å². The van der Waals surface area contributed by atoms with Crippen LogP contribution in [0.3, 0.4) is 0 Å². The summed E-state index contributed by atoms with van der Waals surface area (Å²) in [6.07, 6.45) is 4.56. The van der Waals surface area contributed by atoms with Crippen LogP contribution in [-0.2, 0) is 4.79 Å². The Morgan fingerprint density at radius 1 is 1.11 bits per heavy atom. The van der Waals surface area contributed by atoms with E-state index in [4.69, 9.17) is 4.99 Å². The Bertz CT molecular complexity index is 497. The Kier molecular flexibility index (Phi) is 9.56. The molecule has 6 nitrogen and oxygen atoms in total. The Morgan fingerprint density at radius 2 is 1.82 bits per heavy atom. The van der Waals surface area contributed by atoms with Crippen molar-refractivity contribution in [3.8, 4) is 0 Å². The zero-order valence-electron chi connectivity index (χ0n) is 18.8. The van der Waals surface area contributed by atoms with E-state index in [9.17, 15) is 4.79 Å². The molecule has 0 radical (unpaired) electrons. The number of amides is 1. The van der Waals surface area contributed by atoms with E-state index >= 15 is 0 Å². The van der Waals surface area contributed by atoms with Gasteiger partial charge in [-0.05, 0) is 51.0 Å². The molecular weight excluding hydrogens is 350 g/mol. The van der Waals surface area contributed by atoms with Gasteiger partial charge in [0.1, 0.15) is 0 Å². The van der Waals surface area contributed by atoms with Crippen LogP contribution in [0, 0.1) is 17.8 Å². The second-order valence-electron chi connectivity index (χ2n) is 9.28. The van der Waals surface area contributed by atoms with Gasteiger partial charge in [-0.3, -0.25) is 9.79 Å². The summed E-state index contributed by atoms with van der Waals surface area (Å²) in [6.45, 7) is 17.8. The lowest BCUT2D eigenvalue weighted by molar-refractivity contribution is -0.135. The maximum absolute atomic E-state index is 12.2. The molecule has 2 saturated heterocycles. The molecule has 6 heteroatoms. The van der Waals surface area contributed by atoms with Crippen LogP contribution in [0.15, 0.2) is 4.99 Å². The second kappa shape index (κ2) is 11.6. The van der Waals surface area contributed by atoms with Gasteiger partial charge in [0.15, 0.2) is 5.96 Å². The van der Waals surface area contributed by atoms with Crippen LogP contribution in [0.1, 0.15) is 60.3 Å². The quantitative estimate of drug-likeness (QED) is 0.515. The van der Waals surface area contributed by atoms with Crippen molar-refractivity contribution in [1.29, 1.82) is 0 Å². The molecule has 2 aliphatic heterocycles. The standard InChI is InChI=1S/C22H43N5O/c1-6-23-22(24-14-19-8-7-11-26(16-19)15-17(2)3)25-20-9-12-27(13-10-20)21(28)18(4)5/h17-20H,6-16H2,1-5H3,(H2,23,24,25). The lowest BCUT2D eigenvalue weighted by Crippen LogP contribution is -2.50. The van der Waals surface area contributed by atoms with Gasteiger partial charge in [-0.2, -0.15) is 0 Å². The van der Waals surface area contributed by atoms with Gasteiger partial charge < -0.3 is 20.4 Å². The molecule has 1 amide bonds. The number of guanidine groups is 1. The van der Waals surface area contributed by atoms with Crippen LogP contribution in [-0.4, -0.2) is 73.5 Å². The molecule has 2 heterocycles. The topological polar surface area (TPSA) is 60.0 Å². The number of hydrogen-bond donors (Lipinski definition) is 2. The minimum atomic E-state index is 0.0918. The van der Waals surface area contributed by atoms with Crippen molar-refractivity contribution >= 4 is 11.9 Å². The summed E-state index contributed by atoms with van der Waals surface area (Å²) in [5.41, 5.74) is 0. The number of nitrogens with zero attached hydrogens (tertiary/aromatic N) is 3. The molecule has 162 valence electrons. The second-order valence-corrected chi connectivity index (χ2v) is 9.28. The van der Waals surface area contributed by atoms with Gasteiger partial charge in [-0.1, -0.05) is 27.7 Å². The minimum Gasteiger partial charge on any atom is -0.357 e. The SMILES string of the molecule is CCNC(=NCC1CCCN(CC(C)C)C1)NC1CCN(C(=O)C(C)C)CC1. The van der Waals surface area contributed by atoms with E-state index in [2.05, 4.69) is 36.3 Å². The van der Waals surface area contributed by atoms with E-state index in [0.29, 0.717) is 12.0 Å². The van der Waals surface area contributed by atoms with Gasteiger partial charge in [0, 0.05) is 51.2 Å². The van der Waals surface area contributed by atoms with Gasteiger partial charge in [0.2, 0.25) is 5.91 Å². The van der Waals surface area contributed by atoms with Crippen LogP contribution in [0.25, 0.3) is 0 Å². The summed E-state index contributed by atoms with van der Waals surface area (Å²) < 4.78 is 0. The number of hydrogen-bond acceptors (Lipinski definition) is 3. The molecule has 28 heavy (non-hydrogen) atoms. The molecule has 0 spiro atoms. The number of nitrogens with one attached hydrogen (secondary N) is 2. The molecule has 2 rings (SSSR count). The van der Waals surface area contributed by atoms with Crippen LogP contribution in [0.5, 0.6) is 0 Å². The molecule has 2 aliphatic rings. The number of rotatable bonds is 7. The highest BCUT2D eigenvalue weighted by molar-refractivity contribution is 5.80. The van der Waals surface area contributed by atoms with E-state index in [0.717, 1.165) is 50.9 Å². The number of likely N-dealkylation sites (tertiary alicyclic amines) is 2. The number of piperidine rings is 2. The monoisotopic (exact) mass is 393 g/mol. The lowest BCUT2D eigenvalue weighted by Gasteiger charge is -2.34. The maximum Gasteiger partial charge on any atom is 0.225 e. The highest BCUT2D eigenvalue weighted by Crippen LogP contribution is 2.18. The third-order valence-electron chi connectivity index (χ3n) is 5.72. The summed E-state index contributed by atoms with van der Waals surface area (Å²) in [7, 11) is 0. The fraction of sp³-hybridized carbons (Fsp3) is 0.909. The van der Waals surface area contributed by atoms with E-state index in [1.165, 1.54) is 32.5 Å². The Labute approximate surface area is 172 Å². The fourth-order valence-corrected chi connectivity index (χ4v) is 4.33. The highest BCUT2D eigenvalue weighted by atomic mass is 16.2. The van der Waals surface area contributed by atoms with Gasteiger partial charge in [-0.25, -0.2) is 0 Å². The molecule has 2 fully saturated rings.